The van der Waals surface area contributed by atoms with Gasteiger partial charge in [0.2, 0.25) is 17.7 Å². The zero-order chi connectivity index (χ0) is 23.8. The third-order valence-corrected chi connectivity index (χ3v) is 5.33. The number of carboxylic acid groups (broad SMARTS) is 1. The highest BCUT2D eigenvalue weighted by atomic mass is 16.4. The Hall–Kier alpha value is -3.74. The first-order valence-electron chi connectivity index (χ1n) is 10.6. The number of nitrogens with one attached hydrogen (secondary N) is 6. The van der Waals surface area contributed by atoms with Crippen LogP contribution in [0.1, 0.15) is 31.2 Å². The van der Waals surface area contributed by atoms with Crippen LogP contribution in [0.2, 0.25) is 0 Å². The van der Waals surface area contributed by atoms with E-state index in [0.717, 1.165) is 13.0 Å². The minimum absolute atomic E-state index is 0.0544. The number of carbonyl (C=O) groups excluding carboxylic acids is 3. The first kappa shape index (κ1) is 23.9. The van der Waals surface area contributed by atoms with Crippen LogP contribution in [0, 0.1) is 0 Å². The van der Waals surface area contributed by atoms with Gasteiger partial charge in [0.15, 0.2) is 0 Å². The lowest BCUT2D eigenvalue weighted by atomic mass is 10.1. The molecule has 2 aromatic rings. The molecule has 1 saturated heterocycles. The highest BCUT2D eigenvalue weighted by molar-refractivity contribution is 5.94. The van der Waals surface area contributed by atoms with E-state index in [9.17, 15) is 19.2 Å². The fourth-order valence-corrected chi connectivity index (χ4v) is 3.48. The maximum absolute atomic E-state index is 13.2. The summed E-state index contributed by atoms with van der Waals surface area (Å²) in [4.78, 5) is 63.3. The van der Waals surface area contributed by atoms with Gasteiger partial charge in [-0.2, -0.15) is 0 Å². The number of imidazole rings is 2. The zero-order valence-corrected chi connectivity index (χ0v) is 18.1. The Balaban J connectivity index is 1.74. The number of amides is 3. The Labute approximate surface area is 189 Å². The van der Waals surface area contributed by atoms with Crippen LogP contribution in [0.15, 0.2) is 25.0 Å². The van der Waals surface area contributed by atoms with Gasteiger partial charge in [0.25, 0.3) is 0 Å². The molecular weight excluding hydrogens is 432 g/mol. The summed E-state index contributed by atoms with van der Waals surface area (Å²) in [5, 5.41) is 20.0. The van der Waals surface area contributed by atoms with Gasteiger partial charge in [-0.1, -0.05) is 0 Å². The van der Waals surface area contributed by atoms with E-state index in [2.05, 4.69) is 41.2 Å². The molecular formula is C20H28N8O5. The minimum Gasteiger partial charge on any atom is -0.480 e. The van der Waals surface area contributed by atoms with Crippen LogP contribution in [-0.2, 0) is 32.0 Å². The Morgan fingerprint density at radius 1 is 1.00 bits per heavy atom. The van der Waals surface area contributed by atoms with Gasteiger partial charge >= 0.3 is 5.97 Å². The fourth-order valence-electron chi connectivity index (χ4n) is 3.48. The number of carbonyl (C=O) groups is 4. The van der Waals surface area contributed by atoms with Crippen LogP contribution >= 0.6 is 0 Å². The fraction of sp³-hybridized carbons (Fsp3) is 0.500. The molecule has 0 spiro atoms. The van der Waals surface area contributed by atoms with Crippen LogP contribution in [0.3, 0.4) is 0 Å². The Morgan fingerprint density at radius 2 is 1.58 bits per heavy atom. The quantitative estimate of drug-likeness (QED) is 0.205. The summed E-state index contributed by atoms with van der Waals surface area (Å²) < 4.78 is 0. The number of aliphatic carboxylic acids is 1. The van der Waals surface area contributed by atoms with Crippen molar-refractivity contribution in [3.8, 4) is 0 Å². The molecule has 0 saturated carbocycles. The molecule has 1 aliphatic heterocycles. The molecule has 0 aliphatic carbocycles. The maximum atomic E-state index is 13.2. The number of aromatic amines is 2. The monoisotopic (exact) mass is 460 g/mol. The number of hydrogen-bond donors (Lipinski definition) is 7. The molecule has 0 aromatic carbocycles. The molecule has 1 fully saturated rings. The minimum atomic E-state index is -1.21. The second-order valence-corrected chi connectivity index (χ2v) is 7.90. The normalized spacial score (nSPS) is 18.2. The van der Waals surface area contributed by atoms with E-state index in [1.165, 1.54) is 25.8 Å². The van der Waals surface area contributed by atoms with E-state index in [-0.39, 0.29) is 24.8 Å². The molecule has 4 atom stereocenters. The molecule has 0 bridgehead atoms. The predicted octanol–water partition coefficient (Wildman–Crippen LogP) is -1.77. The number of aromatic nitrogens is 4. The van der Waals surface area contributed by atoms with Crippen LogP contribution in [-0.4, -0.2) is 79.4 Å². The summed E-state index contributed by atoms with van der Waals surface area (Å²) in [5.74, 6) is -2.76. The van der Waals surface area contributed by atoms with Gasteiger partial charge in [0.05, 0.1) is 18.7 Å². The summed E-state index contributed by atoms with van der Waals surface area (Å²) in [6, 6.07) is -3.60. The topological polar surface area (TPSA) is 194 Å². The van der Waals surface area contributed by atoms with E-state index in [0.29, 0.717) is 17.8 Å². The summed E-state index contributed by atoms with van der Waals surface area (Å²) in [6.07, 6.45) is 7.67. The van der Waals surface area contributed by atoms with Crippen molar-refractivity contribution in [2.45, 2.75) is 56.8 Å². The Morgan fingerprint density at radius 3 is 2.06 bits per heavy atom. The third-order valence-electron chi connectivity index (χ3n) is 5.33. The van der Waals surface area contributed by atoms with Crippen molar-refractivity contribution in [1.82, 2.24) is 41.2 Å². The molecule has 178 valence electrons. The number of hydrogen-bond acceptors (Lipinski definition) is 7. The van der Waals surface area contributed by atoms with Crippen LogP contribution < -0.4 is 21.3 Å². The standard InChI is InChI=1S/C20H28N8O5/c1-11(20(32)33)26-18(30)15(5-12-7-21-9-24-12)28-19(31)16(6-13-8-22-10-25-13)27-17(29)14-3-2-4-23-14/h7-11,14-16,23H,2-6H2,1H3,(H,21,24)(H,22,25)(H,26,30)(H,27,29)(H,28,31)(H,32,33). The van der Waals surface area contributed by atoms with Gasteiger partial charge in [-0.3, -0.25) is 19.2 Å². The van der Waals surface area contributed by atoms with Crippen LogP contribution in [0.5, 0.6) is 0 Å². The SMILES string of the molecule is CC(NC(=O)C(Cc1cnc[nH]1)NC(=O)C(Cc1cnc[nH]1)NC(=O)C1CCCN1)C(=O)O. The van der Waals surface area contributed by atoms with Crippen molar-refractivity contribution in [1.29, 1.82) is 0 Å². The van der Waals surface area contributed by atoms with Crippen LogP contribution in [0.25, 0.3) is 0 Å². The van der Waals surface area contributed by atoms with E-state index >= 15 is 0 Å². The molecule has 4 unspecified atom stereocenters. The van der Waals surface area contributed by atoms with E-state index in [1.807, 2.05) is 0 Å². The summed E-state index contributed by atoms with van der Waals surface area (Å²) >= 11 is 0. The number of rotatable bonds is 11. The molecule has 3 heterocycles. The van der Waals surface area contributed by atoms with Gasteiger partial charge in [-0.05, 0) is 26.3 Å². The summed E-state index contributed by atoms with van der Waals surface area (Å²) in [5.41, 5.74) is 1.20. The smallest absolute Gasteiger partial charge is 0.325 e. The van der Waals surface area contributed by atoms with Gasteiger partial charge < -0.3 is 36.3 Å². The van der Waals surface area contributed by atoms with Crippen molar-refractivity contribution in [2.75, 3.05) is 6.54 Å². The average Bonchev–Trinajstić information content (AvgIpc) is 3.56. The van der Waals surface area contributed by atoms with E-state index in [1.54, 1.807) is 6.20 Å². The Bertz CT molecular complexity index is 940. The second kappa shape index (κ2) is 11.2. The van der Waals surface area contributed by atoms with Gasteiger partial charge in [0.1, 0.15) is 18.1 Å². The van der Waals surface area contributed by atoms with E-state index < -0.39 is 35.9 Å². The lowest BCUT2D eigenvalue weighted by Crippen LogP contribution is -2.57. The highest BCUT2D eigenvalue weighted by Crippen LogP contribution is 2.08. The number of nitrogens with zero attached hydrogens (tertiary/aromatic N) is 2. The predicted molar refractivity (Wildman–Crippen MR) is 115 cm³/mol. The summed E-state index contributed by atoms with van der Waals surface area (Å²) in [6.45, 7) is 2.05. The first-order chi connectivity index (χ1) is 15.8. The summed E-state index contributed by atoms with van der Waals surface area (Å²) in [7, 11) is 0. The molecule has 13 nitrogen and oxygen atoms in total. The van der Waals surface area contributed by atoms with Crippen molar-refractivity contribution >= 4 is 23.7 Å². The van der Waals surface area contributed by atoms with Crippen molar-refractivity contribution in [3.63, 3.8) is 0 Å². The zero-order valence-electron chi connectivity index (χ0n) is 18.1. The third kappa shape index (κ3) is 6.87. The second-order valence-electron chi connectivity index (χ2n) is 7.90. The van der Waals surface area contributed by atoms with Crippen molar-refractivity contribution < 1.29 is 24.3 Å². The molecule has 7 N–H and O–H groups in total. The molecule has 2 aromatic heterocycles. The number of carboxylic acids is 1. The number of H-pyrrole nitrogens is 2. The van der Waals surface area contributed by atoms with Crippen molar-refractivity contribution in [2.24, 2.45) is 0 Å². The molecule has 13 heteroatoms. The van der Waals surface area contributed by atoms with Gasteiger partial charge in [-0.15, -0.1) is 0 Å². The van der Waals surface area contributed by atoms with E-state index in [4.69, 9.17) is 5.11 Å². The molecule has 33 heavy (non-hydrogen) atoms. The first-order valence-corrected chi connectivity index (χ1v) is 10.6. The van der Waals surface area contributed by atoms with Gasteiger partial charge in [-0.25, -0.2) is 9.97 Å². The molecule has 0 radical (unpaired) electrons. The lowest BCUT2D eigenvalue weighted by Gasteiger charge is -2.24. The Kier molecular flexibility index (Phi) is 8.13. The molecule has 3 rings (SSSR count). The van der Waals surface area contributed by atoms with Crippen LogP contribution in [0.4, 0.5) is 0 Å². The molecule has 3 amide bonds. The molecule has 1 aliphatic rings. The lowest BCUT2D eigenvalue weighted by molar-refractivity contribution is -0.141. The van der Waals surface area contributed by atoms with Gasteiger partial charge in [0, 0.05) is 36.6 Å². The largest absolute Gasteiger partial charge is 0.480 e. The highest BCUT2D eigenvalue weighted by Gasteiger charge is 2.31. The maximum Gasteiger partial charge on any atom is 0.325 e. The average molecular weight is 460 g/mol. The van der Waals surface area contributed by atoms with Crippen molar-refractivity contribution in [3.05, 3.63) is 36.4 Å².